The average Bonchev–Trinajstić information content (AvgIpc) is 2.40. The minimum Gasteiger partial charge on any atom is -0.404 e. The number of hydrogen-bond donors (Lipinski definition) is 1. The Balaban J connectivity index is 2.41. The molecule has 1 aliphatic heterocycles. The van der Waals surface area contributed by atoms with Gasteiger partial charge < -0.3 is 5.73 Å². The Bertz CT molecular complexity index is 491. The summed E-state index contributed by atoms with van der Waals surface area (Å²) in [4.78, 5) is 18.1. The Morgan fingerprint density at radius 2 is 2.06 bits per heavy atom. The average molecular weight is 243 g/mol. The third kappa shape index (κ3) is 2.42. The molecule has 18 heavy (non-hydrogen) atoms. The summed E-state index contributed by atoms with van der Waals surface area (Å²) in [5, 5.41) is 0. The molecule has 0 unspecified atom stereocenters. The van der Waals surface area contributed by atoms with Gasteiger partial charge in [0.1, 0.15) is 5.84 Å². The molecular weight excluding hydrogens is 226 g/mol. The number of nitrogens with two attached hydrogens (primary N) is 1. The van der Waals surface area contributed by atoms with Crippen LogP contribution in [-0.4, -0.2) is 23.2 Å². The lowest BCUT2D eigenvalue weighted by atomic mass is 10.0. The molecule has 1 saturated heterocycles. The molecule has 0 saturated carbocycles. The van der Waals surface area contributed by atoms with Gasteiger partial charge in [-0.15, -0.1) is 0 Å². The summed E-state index contributed by atoms with van der Waals surface area (Å²) in [5.41, 5.74) is 7.39. The van der Waals surface area contributed by atoms with Gasteiger partial charge in [-0.25, -0.2) is 4.99 Å². The van der Waals surface area contributed by atoms with Gasteiger partial charge >= 0.3 is 0 Å². The lowest BCUT2D eigenvalue weighted by molar-refractivity contribution is -0.127. The van der Waals surface area contributed by atoms with E-state index in [2.05, 4.69) is 4.99 Å². The van der Waals surface area contributed by atoms with Crippen LogP contribution in [0.25, 0.3) is 0 Å². The SMILES string of the molecule is CCN1C(=O)CC/C(=C/N)C1=Nc1ccccc1. The van der Waals surface area contributed by atoms with E-state index in [1.807, 2.05) is 37.3 Å². The van der Waals surface area contributed by atoms with Crippen molar-refractivity contribution in [3.05, 3.63) is 42.1 Å². The van der Waals surface area contributed by atoms with Gasteiger partial charge in [0.05, 0.1) is 5.69 Å². The van der Waals surface area contributed by atoms with Crippen LogP contribution in [0.5, 0.6) is 0 Å². The fraction of sp³-hybridized carbons (Fsp3) is 0.286. The van der Waals surface area contributed by atoms with E-state index in [0.717, 1.165) is 11.3 Å². The van der Waals surface area contributed by atoms with Crippen LogP contribution in [0.15, 0.2) is 47.1 Å². The minimum absolute atomic E-state index is 0.109. The predicted octanol–water partition coefficient (Wildman–Crippen LogP) is 2.20. The number of hydrogen-bond acceptors (Lipinski definition) is 3. The van der Waals surface area contributed by atoms with E-state index in [4.69, 9.17) is 5.73 Å². The molecule has 4 nitrogen and oxygen atoms in total. The highest BCUT2D eigenvalue weighted by Crippen LogP contribution is 2.22. The fourth-order valence-electron chi connectivity index (χ4n) is 2.02. The highest BCUT2D eigenvalue weighted by molar-refractivity contribution is 6.11. The maximum atomic E-state index is 11.9. The van der Waals surface area contributed by atoms with Crippen LogP contribution in [0, 0.1) is 0 Å². The molecular formula is C14H17N3O. The number of likely N-dealkylation sites (tertiary alicyclic amines) is 1. The largest absolute Gasteiger partial charge is 0.404 e. The summed E-state index contributed by atoms with van der Waals surface area (Å²) in [5.74, 6) is 0.792. The van der Waals surface area contributed by atoms with Gasteiger partial charge in [0, 0.05) is 24.7 Å². The van der Waals surface area contributed by atoms with E-state index < -0.39 is 0 Å². The monoisotopic (exact) mass is 243 g/mol. The van der Waals surface area contributed by atoms with Gasteiger partial charge in [0.25, 0.3) is 0 Å². The van der Waals surface area contributed by atoms with Crippen molar-refractivity contribution < 1.29 is 4.79 Å². The predicted molar refractivity (Wildman–Crippen MR) is 72.4 cm³/mol. The summed E-state index contributed by atoms with van der Waals surface area (Å²) >= 11 is 0. The third-order valence-corrected chi connectivity index (χ3v) is 2.96. The number of aliphatic imine (C=N–C) groups is 1. The first-order chi connectivity index (χ1) is 8.76. The maximum Gasteiger partial charge on any atom is 0.228 e. The van der Waals surface area contributed by atoms with Crippen LogP contribution < -0.4 is 5.73 Å². The van der Waals surface area contributed by atoms with Gasteiger partial charge in [-0.1, -0.05) is 18.2 Å². The summed E-state index contributed by atoms with van der Waals surface area (Å²) in [6, 6.07) is 9.60. The van der Waals surface area contributed by atoms with E-state index >= 15 is 0 Å². The van der Waals surface area contributed by atoms with Crippen molar-refractivity contribution in [1.82, 2.24) is 4.90 Å². The van der Waals surface area contributed by atoms with Crippen LogP contribution in [0.4, 0.5) is 5.69 Å². The molecule has 2 rings (SSSR count). The fourth-order valence-corrected chi connectivity index (χ4v) is 2.02. The molecule has 0 aromatic heterocycles. The van der Waals surface area contributed by atoms with Gasteiger partial charge in [-0.2, -0.15) is 0 Å². The highest BCUT2D eigenvalue weighted by Gasteiger charge is 2.26. The van der Waals surface area contributed by atoms with Crippen molar-refractivity contribution in [3.63, 3.8) is 0 Å². The second-order valence-electron chi connectivity index (χ2n) is 4.10. The number of piperidine rings is 1. The van der Waals surface area contributed by atoms with Crippen LogP contribution >= 0.6 is 0 Å². The highest BCUT2D eigenvalue weighted by atomic mass is 16.2. The first-order valence-electron chi connectivity index (χ1n) is 6.11. The van der Waals surface area contributed by atoms with Crippen molar-refractivity contribution in [3.8, 4) is 0 Å². The summed E-state index contributed by atoms with van der Waals surface area (Å²) in [6.07, 6.45) is 2.72. The zero-order chi connectivity index (χ0) is 13.0. The summed E-state index contributed by atoms with van der Waals surface area (Å²) < 4.78 is 0. The van der Waals surface area contributed by atoms with Crippen LogP contribution in [0.2, 0.25) is 0 Å². The van der Waals surface area contributed by atoms with Gasteiger partial charge in [0.2, 0.25) is 5.91 Å². The van der Waals surface area contributed by atoms with Crippen LogP contribution in [-0.2, 0) is 4.79 Å². The number of carbonyl (C=O) groups excluding carboxylic acids is 1. The number of benzene rings is 1. The van der Waals surface area contributed by atoms with Crippen LogP contribution in [0.3, 0.4) is 0 Å². The number of para-hydroxylation sites is 1. The lowest BCUT2D eigenvalue weighted by Gasteiger charge is -2.29. The number of likely N-dealkylation sites (N-methyl/N-ethyl adjacent to an activating group) is 1. The summed E-state index contributed by atoms with van der Waals surface area (Å²) in [6.45, 7) is 2.56. The normalized spacial score (nSPS) is 20.7. The van der Waals surface area contributed by atoms with Crippen molar-refractivity contribution in [2.45, 2.75) is 19.8 Å². The van der Waals surface area contributed by atoms with Gasteiger partial charge in [-0.3, -0.25) is 9.69 Å². The molecule has 1 amide bonds. The molecule has 0 radical (unpaired) electrons. The summed E-state index contributed by atoms with van der Waals surface area (Å²) in [7, 11) is 0. The first-order valence-corrected chi connectivity index (χ1v) is 6.11. The molecule has 1 fully saturated rings. The Morgan fingerprint density at radius 3 is 2.67 bits per heavy atom. The molecule has 2 N–H and O–H groups in total. The standard InChI is InChI=1S/C14H17N3O/c1-2-17-13(18)9-8-11(10-15)14(17)16-12-6-4-3-5-7-12/h3-7,10H,2,8-9,15H2,1H3/b11-10-,16-14?. The van der Waals surface area contributed by atoms with Gasteiger partial charge in [-0.05, 0) is 25.5 Å². The molecule has 4 heteroatoms. The number of amidine groups is 1. The molecule has 1 heterocycles. The lowest BCUT2D eigenvalue weighted by Crippen LogP contribution is -2.41. The molecule has 0 bridgehead atoms. The van der Waals surface area contributed by atoms with Gasteiger partial charge in [0.15, 0.2) is 0 Å². The molecule has 0 atom stereocenters. The van der Waals surface area contributed by atoms with E-state index in [9.17, 15) is 4.79 Å². The third-order valence-electron chi connectivity index (χ3n) is 2.96. The molecule has 1 aromatic carbocycles. The number of nitrogens with zero attached hydrogens (tertiary/aromatic N) is 2. The second kappa shape index (κ2) is 5.49. The van der Waals surface area contributed by atoms with E-state index in [-0.39, 0.29) is 5.91 Å². The van der Waals surface area contributed by atoms with Crippen molar-refractivity contribution in [2.24, 2.45) is 10.7 Å². The van der Waals surface area contributed by atoms with E-state index in [0.29, 0.717) is 25.2 Å². The molecule has 1 aromatic rings. The van der Waals surface area contributed by atoms with Crippen LogP contribution in [0.1, 0.15) is 19.8 Å². The topological polar surface area (TPSA) is 58.7 Å². The number of amides is 1. The zero-order valence-electron chi connectivity index (χ0n) is 10.5. The molecule has 0 aliphatic carbocycles. The second-order valence-corrected chi connectivity index (χ2v) is 4.10. The number of rotatable bonds is 2. The molecule has 1 aliphatic rings. The Labute approximate surface area is 107 Å². The molecule has 94 valence electrons. The number of carbonyl (C=O) groups is 1. The van der Waals surface area contributed by atoms with Crippen molar-refractivity contribution >= 4 is 17.4 Å². The quantitative estimate of drug-likeness (QED) is 0.865. The Hall–Kier alpha value is -2.10. The van der Waals surface area contributed by atoms with Crippen molar-refractivity contribution in [1.29, 1.82) is 0 Å². The Kier molecular flexibility index (Phi) is 3.77. The van der Waals surface area contributed by atoms with E-state index in [1.165, 1.54) is 0 Å². The first kappa shape index (κ1) is 12.4. The zero-order valence-corrected chi connectivity index (χ0v) is 10.5. The van der Waals surface area contributed by atoms with E-state index in [1.54, 1.807) is 11.1 Å². The smallest absolute Gasteiger partial charge is 0.228 e. The minimum atomic E-state index is 0.109. The maximum absolute atomic E-state index is 11.9. The Morgan fingerprint density at radius 1 is 1.33 bits per heavy atom. The molecule has 0 spiro atoms. The van der Waals surface area contributed by atoms with Crippen molar-refractivity contribution in [2.75, 3.05) is 6.54 Å².